The SMILES string of the molecule is FC(F)C(F)(F)C(F)(F)c1ccc(OCC2CO2)cc1. The third-order valence-corrected chi connectivity index (χ3v) is 2.75. The highest BCUT2D eigenvalue weighted by Crippen LogP contribution is 2.46. The predicted octanol–water partition coefficient (Wildman–Crippen LogP) is 3.46. The second-order valence-corrected chi connectivity index (χ2v) is 4.29. The van der Waals surface area contributed by atoms with E-state index in [1.165, 1.54) is 0 Å². The van der Waals surface area contributed by atoms with Gasteiger partial charge >= 0.3 is 18.3 Å². The van der Waals surface area contributed by atoms with Crippen LogP contribution in [0.25, 0.3) is 0 Å². The summed E-state index contributed by atoms with van der Waals surface area (Å²) < 4.78 is 86.4. The molecule has 0 aliphatic carbocycles. The molecule has 1 aliphatic heterocycles. The maximum absolute atomic E-state index is 13.3. The lowest BCUT2D eigenvalue weighted by Gasteiger charge is -2.26. The first kappa shape index (κ1) is 15.0. The van der Waals surface area contributed by atoms with Crippen LogP contribution in [0.4, 0.5) is 26.3 Å². The van der Waals surface area contributed by atoms with Gasteiger partial charge in [-0.1, -0.05) is 0 Å². The van der Waals surface area contributed by atoms with E-state index in [0.717, 1.165) is 12.1 Å². The molecule has 0 aromatic heterocycles. The Kier molecular flexibility index (Phi) is 3.86. The first-order valence-electron chi connectivity index (χ1n) is 5.64. The zero-order chi connectivity index (χ0) is 15.0. The van der Waals surface area contributed by atoms with Gasteiger partial charge < -0.3 is 9.47 Å². The molecule has 112 valence electrons. The van der Waals surface area contributed by atoms with Crippen LogP contribution >= 0.6 is 0 Å². The quantitative estimate of drug-likeness (QED) is 0.593. The van der Waals surface area contributed by atoms with Crippen molar-refractivity contribution in [1.29, 1.82) is 0 Å². The van der Waals surface area contributed by atoms with Crippen LogP contribution in [-0.2, 0) is 10.7 Å². The van der Waals surface area contributed by atoms with Gasteiger partial charge in [0.2, 0.25) is 0 Å². The van der Waals surface area contributed by atoms with E-state index in [-0.39, 0.29) is 18.5 Å². The van der Waals surface area contributed by atoms with E-state index in [2.05, 4.69) is 0 Å². The number of halogens is 6. The second kappa shape index (κ2) is 5.16. The molecule has 0 saturated carbocycles. The Morgan fingerprint density at radius 3 is 2.15 bits per heavy atom. The first-order valence-corrected chi connectivity index (χ1v) is 5.64. The summed E-state index contributed by atoms with van der Waals surface area (Å²) in [5.41, 5.74) is -1.20. The summed E-state index contributed by atoms with van der Waals surface area (Å²) in [5.74, 6) is -10.2. The third-order valence-electron chi connectivity index (χ3n) is 2.75. The van der Waals surface area contributed by atoms with Crippen LogP contribution in [-0.4, -0.2) is 31.7 Å². The van der Waals surface area contributed by atoms with Gasteiger partial charge in [0.25, 0.3) is 0 Å². The van der Waals surface area contributed by atoms with Crippen LogP contribution in [0.5, 0.6) is 5.75 Å². The molecule has 1 aliphatic rings. The monoisotopic (exact) mass is 300 g/mol. The molecule has 1 atom stereocenters. The summed E-state index contributed by atoms with van der Waals surface area (Å²) in [6, 6.07) is 3.32. The summed E-state index contributed by atoms with van der Waals surface area (Å²) >= 11 is 0. The highest BCUT2D eigenvalue weighted by molar-refractivity contribution is 5.31. The molecule has 2 nitrogen and oxygen atoms in total. The largest absolute Gasteiger partial charge is 0.491 e. The van der Waals surface area contributed by atoms with Crippen molar-refractivity contribution >= 4 is 0 Å². The van der Waals surface area contributed by atoms with E-state index in [4.69, 9.17) is 9.47 Å². The minimum absolute atomic E-state index is 0.0562. The van der Waals surface area contributed by atoms with Crippen molar-refractivity contribution in [3.05, 3.63) is 29.8 Å². The van der Waals surface area contributed by atoms with E-state index in [9.17, 15) is 26.3 Å². The average molecular weight is 300 g/mol. The van der Waals surface area contributed by atoms with E-state index in [1.54, 1.807) is 0 Å². The second-order valence-electron chi connectivity index (χ2n) is 4.29. The zero-order valence-corrected chi connectivity index (χ0v) is 9.96. The van der Waals surface area contributed by atoms with Gasteiger partial charge in [-0.05, 0) is 24.3 Å². The van der Waals surface area contributed by atoms with Crippen molar-refractivity contribution < 1.29 is 35.8 Å². The summed E-state index contributed by atoms with van der Waals surface area (Å²) in [6.07, 6.45) is -4.51. The van der Waals surface area contributed by atoms with Gasteiger partial charge in [-0.25, -0.2) is 8.78 Å². The van der Waals surface area contributed by atoms with Gasteiger partial charge in [-0.3, -0.25) is 0 Å². The molecule has 1 saturated heterocycles. The van der Waals surface area contributed by atoms with Crippen LogP contribution in [0, 0.1) is 0 Å². The molecular weight excluding hydrogens is 290 g/mol. The van der Waals surface area contributed by atoms with Gasteiger partial charge in [0.15, 0.2) is 0 Å². The number of alkyl halides is 6. The Hall–Kier alpha value is -1.44. The maximum Gasteiger partial charge on any atom is 0.373 e. The van der Waals surface area contributed by atoms with Crippen LogP contribution < -0.4 is 4.74 Å². The molecular formula is C12H10F6O2. The van der Waals surface area contributed by atoms with Gasteiger partial charge in [0.05, 0.1) is 6.61 Å². The van der Waals surface area contributed by atoms with Crippen LogP contribution in [0.2, 0.25) is 0 Å². The molecule has 0 amide bonds. The van der Waals surface area contributed by atoms with E-state index >= 15 is 0 Å². The van der Waals surface area contributed by atoms with Crippen molar-refractivity contribution in [3.8, 4) is 5.75 Å². The lowest BCUT2D eigenvalue weighted by Crippen LogP contribution is -2.44. The Morgan fingerprint density at radius 1 is 1.15 bits per heavy atom. The highest BCUT2D eigenvalue weighted by Gasteiger charge is 2.63. The summed E-state index contributed by atoms with van der Waals surface area (Å²) in [6.45, 7) is 0.750. The molecule has 8 heteroatoms. The number of hydrogen-bond donors (Lipinski definition) is 0. The van der Waals surface area contributed by atoms with Crippen LogP contribution in [0.3, 0.4) is 0 Å². The number of hydrogen-bond acceptors (Lipinski definition) is 2. The number of rotatable bonds is 6. The number of epoxide rings is 1. The normalized spacial score (nSPS) is 19.2. The Labute approximate surface area is 110 Å². The van der Waals surface area contributed by atoms with Gasteiger partial charge in [0.1, 0.15) is 18.5 Å². The topological polar surface area (TPSA) is 21.8 Å². The molecule has 1 fully saturated rings. The van der Waals surface area contributed by atoms with Crippen LogP contribution in [0.15, 0.2) is 24.3 Å². The fourth-order valence-electron chi connectivity index (χ4n) is 1.44. The first-order chi connectivity index (χ1) is 9.25. The van der Waals surface area contributed by atoms with Gasteiger partial charge in [0, 0.05) is 5.56 Å². The van der Waals surface area contributed by atoms with Crippen molar-refractivity contribution in [2.45, 2.75) is 24.4 Å². The Morgan fingerprint density at radius 2 is 1.70 bits per heavy atom. The molecule has 1 aromatic rings. The molecule has 20 heavy (non-hydrogen) atoms. The highest BCUT2D eigenvalue weighted by atomic mass is 19.3. The fraction of sp³-hybridized carbons (Fsp3) is 0.500. The smallest absolute Gasteiger partial charge is 0.373 e. The molecule has 1 unspecified atom stereocenters. The number of ether oxygens (including phenoxy) is 2. The molecule has 0 radical (unpaired) electrons. The molecule has 0 bridgehead atoms. The van der Waals surface area contributed by atoms with E-state index in [1.807, 2.05) is 0 Å². The molecule has 0 spiro atoms. The fourth-order valence-corrected chi connectivity index (χ4v) is 1.44. The molecule has 1 aromatic carbocycles. The van der Waals surface area contributed by atoms with Crippen molar-refractivity contribution in [2.75, 3.05) is 13.2 Å². The van der Waals surface area contributed by atoms with E-state index < -0.39 is 23.8 Å². The van der Waals surface area contributed by atoms with E-state index in [0.29, 0.717) is 18.7 Å². The van der Waals surface area contributed by atoms with Crippen molar-refractivity contribution in [1.82, 2.24) is 0 Å². The minimum atomic E-state index is -5.43. The maximum atomic E-state index is 13.3. The van der Waals surface area contributed by atoms with Gasteiger partial charge in [-0.2, -0.15) is 17.6 Å². The van der Waals surface area contributed by atoms with Crippen molar-refractivity contribution in [2.24, 2.45) is 0 Å². The average Bonchev–Trinajstić information content (AvgIpc) is 3.20. The zero-order valence-electron chi connectivity index (χ0n) is 9.96. The summed E-state index contributed by atoms with van der Waals surface area (Å²) in [4.78, 5) is 0. The van der Waals surface area contributed by atoms with Crippen molar-refractivity contribution in [3.63, 3.8) is 0 Å². The molecule has 1 heterocycles. The summed E-state index contributed by atoms with van der Waals surface area (Å²) in [7, 11) is 0. The molecule has 0 N–H and O–H groups in total. The lowest BCUT2D eigenvalue weighted by atomic mass is 10.0. The lowest BCUT2D eigenvalue weighted by molar-refractivity contribution is -0.270. The Bertz CT molecular complexity index is 456. The summed E-state index contributed by atoms with van der Waals surface area (Å²) in [5, 5.41) is 0. The number of benzene rings is 1. The standard InChI is InChI=1S/C12H10F6O2/c13-10(14)12(17,18)11(15,16)7-1-3-8(4-2-7)19-5-9-6-20-9/h1-4,9-10H,5-6H2. The van der Waals surface area contributed by atoms with Crippen LogP contribution in [0.1, 0.15) is 5.56 Å². The predicted molar refractivity (Wildman–Crippen MR) is 56.5 cm³/mol. The molecule has 2 rings (SSSR count). The van der Waals surface area contributed by atoms with Gasteiger partial charge in [-0.15, -0.1) is 0 Å². The Balaban J connectivity index is 2.11. The third kappa shape index (κ3) is 2.84. The minimum Gasteiger partial charge on any atom is -0.491 e.